The first-order valence-electron chi connectivity index (χ1n) is 7.75. The van der Waals surface area contributed by atoms with Crippen molar-refractivity contribution in [2.45, 2.75) is 60.0 Å². The summed E-state index contributed by atoms with van der Waals surface area (Å²) in [5.41, 5.74) is 3.37. The molecule has 2 aliphatic rings. The molecule has 3 rings (SSSR count). The maximum Gasteiger partial charge on any atom is 0.109 e. The van der Waals surface area contributed by atoms with E-state index < -0.39 is 0 Å². The molecule has 1 fully saturated rings. The highest BCUT2D eigenvalue weighted by molar-refractivity contribution is 5.21. The van der Waals surface area contributed by atoms with Crippen LogP contribution >= 0.6 is 0 Å². The fraction of sp³-hybridized carbons (Fsp3) is 0.812. The molecular formula is C16H27N3. The Balaban J connectivity index is 1.88. The van der Waals surface area contributed by atoms with Crippen LogP contribution in [0.3, 0.4) is 0 Å². The normalized spacial score (nSPS) is 24.6. The molecule has 3 heteroatoms. The van der Waals surface area contributed by atoms with E-state index in [1.165, 1.54) is 30.2 Å². The average molecular weight is 261 g/mol. The summed E-state index contributed by atoms with van der Waals surface area (Å²) in [5.74, 6) is 2.86. The van der Waals surface area contributed by atoms with Crippen LogP contribution in [0, 0.1) is 17.3 Å². The first kappa shape index (κ1) is 13.2. The molecule has 1 aliphatic heterocycles. The number of hydrogen-bond donors (Lipinski definition) is 1. The van der Waals surface area contributed by atoms with E-state index in [4.69, 9.17) is 4.98 Å². The SMILES string of the molecule is CC(C)Cc1nc2c(n1CC1CC1(C)C)CCNC2. The van der Waals surface area contributed by atoms with Gasteiger partial charge in [-0.15, -0.1) is 0 Å². The molecule has 1 saturated carbocycles. The summed E-state index contributed by atoms with van der Waals surface area (Å²) < 4.78 is 2.57. The van der Waals surface area contributed by atoms with E-state index in [0.29, 0.717) is 11.3 Å². The number of aromatic nitrogens is 2. The van der Waals surface area contributed by atoms with Gasteiger partial charge in [0, 0.05) is 38.2 Å². The molecule has 1 aromatic rings. The second-order valence-electron chi connectivity index (χ2n) is 7.45. The Morgan fingerprint density at radius 3 is 2.79 bits per heavy atom. The lowest BCUT2D eigenvalue weighted by atomic mass is 10.1. The van der Waals surface area contributed by atoms with Gasteiger partial charge in [-0.05, 0) is 23.7 Å². The topological polar surface area (TPSA) is 29.9 Å². The highest BCUT2D eigenvalue weighted by Crippen LogP contribution is 2.52. The molecule has 1 unspecified atom stereocenters. The smallest absolute Gasteiger partial charge is 0.109 e. The number of nitrogens with zero attached hydrogens (tertiary/aromatic N) is 2. The Kier molecular flexibility index (Phi) is 3.20. The zero-order valence-corrected chi connectivity index (χ0v) is 12.8. The minimum Gasteiger partial charge on any atom is -0.331 e. The number of nitrogens with one attached hydrogen (secondary N) is 1. The van der Waals surface area contributed by atoms with Crippen LogP contribution in [0.2, 0.25) is 0 Å². The number of rotatable bonds is 4. The maximum atomic E-state index is 4.92. The third-order valence-corrected chi connectivity index (χ3v) is 4.78. The number of hydrogen-bond acceptors (Lipinski definition) is 2. The molecule has 0 amide bonds. The summed E-state index contributed by atoms with van der Waals surface area (Å²) in [6, 6.07) is 0. The van der Waals surface area contributed by atoms with E-state index in [9.17, 15) is 0 Å². The van der Waals surface area contributed by atoms with Gasteiger partial charge in [0.25, 0.3) is 0 Å². The molecule has 106 valence electrons. The van der Waals surface area contributed by atoms with Gasteiger partial charge >= 0.3 is 0 Å². The van der Waals surface area contributed by atoms with E-state index >= 15 is 0 Å². The van der Waals surface area contributed by atoms with Crippen molar-refractivity contribution < 1.29 is 0 Å². The summed E-state index contributed by atoms with van der Waals surface area (Å²) in [5, 5.41) is 3.44. The lowest BCUT2D eigenvalue weighted by Crippen LogP contribution is -2.25. The summed E-state index contributed by atoms with van der Waals surface area (Å²) in [6.07, 6.45) is 3.63. The summed E-state index contributed by atoms with van der Waals surface area (Å²) in [6.45, 7) is 12.6. The molecular weight excluding hydrogens is 234 g/mol. The van der Waals surface area contributed by atoms with Crippen molar-refractivity contribution in [3.63, 3.8) is 0 Å². The fourth-order valence-electron chi connectivity index (χ4n) is 3.27. The minimum atomic E-state index is 0.555. The Bertz CT molecular complexity index is 471. The van der Waals surface area contributed by atoms with Gasteiger partial charge in [-0.3, -0.25) is 0 Å². The Morgan fingerprint density at radius 2 is 2.16 bits per heavy atom. The highest BCUT2D eigenvalue weighted by Gasteiger charge is 2.46. The number of imidazole rings is 1. The molecule has 0 saturated heterocycles. The second kappa shape index (κ2) is 4.62. The van der Waals surface area contributed by atoms with Crippen molar-refractivity contribution in [3.05, 3.63) is 17.2 Å². The quantitative estimate of drug-likeness (QED) is 0.903. The van der Waals surface area contributed by atoms with Crippen molar-refractivity contribution in [1.29, 1.82) is 0 Å². The highest BCUT2D eigenvalue weighted by atomic mass is 15.1. The summed E-state index contributed by atoms with van der Waals surface area (Å²) in [7, 11) is 0. The van der Waals surface area contributed by atoms with Gasteiger partial charge < -0.3 is 9.88 Å². The number of fused-ring (bicyclic) bond motifs is 1. The standard InChI is InChI=1S/C16H27N3/c1-11(2)7-15-18-13-9-17-6-5-14(13)19(15)10-12-8-16(12,3)4/h11-12,17H,5-10H2,1-4H3. The van der Waals surface area contributed by atoms with E-state index in [2.05, 4.69) is 37.6 Å². The second-order valence-corrected chi connectivity index (χ2v) is 7.45. The third-order valence-electron chi connectivity index (χ3n) is 4.78. The Morgan fingerprint density at radius 1 is 1.42 bits per heavy atom. The molecule has 1 aromatic heterocycles. The van der Waals surface area contributed by atoms with Gasteiger partial charge in [0.15, 0.2) is 0 Å². The monoisotopic (exact) mass is 261 g/mol. The van der Waals surface area contributed by atoms with Crippen LogP contribution in [0.4, 0.5) is 0 Å². The van der Waals surface area contributed by atoms with Crippen molar-refractivity contribution in [2.24, 2.45) is 17.3 Å². The fourth-order valence-corrected chi connectivity index (χ4v) is 3.27. The zero-order valence-electron chi connectivity index (χ0n) is 12.8. The van der Waals surface area contributed by atoms with Crippen LogP contribution in [0.5, 0.6) is 0 Å². The van der Waals surface area contributed by atoms with Gasteiger partial charge in [-0.1, -0.05) is 27.7 Å². The van der Waals surface area contributed by atoms with E-state index in [-0.39, 0.29) is 0 Å². The van der Waals surface area contributed by atoms with Crippen molar-refractivity contribution in [3.8, 4) is 0 Å². The molecule has 1 N–H and O–H groups in total. The van der Waals surface area contributed by atoms with E-state index in [1.54, 1.807) is 0 Å². The van der Waals surface area contributed by atoms with Gasteiger partial charge in [0.2, 0.25) is 0 Å². The molecule has 0 radical (unpaired) electrons. The van der Waals surface area contributed by atoms with Crippen molar-refractivity contribution in [2.75, 3.05) is 6.54 Å². The lowest BCUT2D eigenvalue weighted by Gasteiger charge is -2.17. The Hall–Kier alpha value is -0.830. The molecule has 1 aliphatic carbocycles. The predicted molar refractivity (Wildman–Crippen MR) is 78.1 cm³/mol. The summed E-state index contributed by atoms with van der Waals surface area (Å²) in [4.78, 5) is 4.92. The summed E-state index contributed by atoms with van der Waals surface area (Å²) >= 11 is 0. The van der Waals surface area contributed by atoms with Crippen LogP contribution in [0.1, 0.15) is 51.3 Å². The van der Waals surface area contributed by atoms with Crippen LogP contribution in [-0.2, 0) is 25.9 Å². The first-order valence-corrected chi connectivity index (χ1v) is 7.75. The lowest BCUT2D eigenvalue weighted by molar-refractivity contribution is 0.466. The average Bonchev–Trinajstić information content (AvgIpc) is 2.78. The van der Waals surface area contributed by atoms with Gasteiger partial charge in [0.05, 0.1) is 5.69 Å². The van der Waals surface area contributed by atoms with Crippen molar-refractivity contribution >= 4 is 0 Å². The molecule has 19 heavy (non-hydrogen) atoms. The zero-order chi connectivity index (χ0) is 13.6. The molecule has 0 spiro atoms. The van der Waals surface area contributed by atoms with Crippen LogP contribution in [-0.4, -0.2) is 16.1 Å². The van der Waals surface area contributed by atoms with E-state index in [1.807, 2.05) is 0 Å². The van der Waals surface area contributed by atoms with Gasteiger partial charge in [0.1, 0.15) is 5.82 Å². The molecule has 3 nitrogen and oxygen atoms in total. The Labute approximate surface area is 116 Å². The van der Waals surface area contributed by atoms with Gasteiger partial charge in [-0.2, -0.15) is 0 Å². The van der Waals surface area contributed by atoms with Crippen LogP contribution in [0.15, 0.2) is 0 Å². The van der Waals surface area contributed by atoms with Crippen molar-refractivity contribution in [1.82, 2.24) is 14.9 Å². The molecule has 1 atom stereocenters. The minimum absolute atomic E-state index is 0.555. The van der Waals surface area contributed by atoms with Crippen LogP contribution in [0.25, 0.3) is 0 Å². The first-order chi connectivity index (χ1) is 8.97. The third kappa shape index (κ3) is 2.58. The molecule has 2 heterocycles. The van der Waals surface area contributed by atoms with Crippen LogP contribution < -0.4 is 5.32 Å². The molecule has 0 bridgehead atoms. The van der Waals surface area contributed by atoms with Gasteiger partial charge in [-0.25, -0.2) is 4.98 Å². The van der Waals surface area contributed by atoms with E-state index in [0.717, 1.165) is 31.8 Å². The predicted octanol–water partition coefficient (Wildman–Crippen LogP) is 2.77. The largest absolute Gasteiger partial charge is 0.331 e. The molecule has 0 aromatic carbocycles. The maximum absolute atomic E-state index is 4.92.